The Balaban J connectivity index is 1.99. The zero-order chi connectivity index (χ0) is 13.1. The van der Waals surface area contributed by atoms with E-state index in [1.54, 1.807) is 0 Å². The van der Waals surface area contributed by atoms with Crippen LogP contribution in [0.3, 0.4) is 0 Å². The standard InChI is InChI=1S/C15H27N3/c1-16-11-6-3-4-8-13-18(2)14-10-15-9-5-7-12-17-15/h5,7,9,12,16H,3-4,6,8,10-11,13-14H2,1-2H3. The van der Waals surface area contributed by atoms with Crippen LogP contribution in [0.5, 0.6) is 0 Å². The topological polar surface area (TPSA) is 28.2 Å². The largest absolute Gasteiger partial charge is 0.320 e. The number of hydrogen-bond donors (Lipinski definition) is 1. The molecular formula is C15H27N3. The van der Waals surface area contributed by atoms with E-state index in [0.717, 1.165) is 19.5 Å². The summed E-state index contributed by atoms with van der Waals surface area (Å²) in [6.07, 6.45) is 8.22. The molecule has 0 aliphatic rings. The molecule has 0 radical (unpaired) electrons. The van der Waals surface area contributed by atoms with Crippen LogP contribution in [0, 0.1) is 0 Å². The zero-order valence-electron chi connectivity index (χ0n) is 11.9. The summed E-state index contributed by atoms with van der Waals surface area (Å²) < 4.78 is 0. The van der Waals surface area contributed by atoms with E-state index < -0.39 is 0 Å². The maximum atomic E-state index is 4.35. The fourth-order valence-corrected chi connectivity index (χ4v) is 2.00. The Morgan fingerprint density at radius 2 is 1.94 bits per heavy atom. The van der Waals surface area contributed by atoms with Gasteiger partial charge in [0.1, 0.15) is 0 Å². The first kappa shape index (κ1) is 15.1. The first-order valence-corrected chi connectivity index (χ1v) is 7.06. The first-order chi connectivity index (χ1) is 8.83. The average molecular weight is 249 g/mol. The van der Waals surface area contributed by atoms with Crippen LogP contribution in [0.15, 0.2) is 24.4 Å². The third-order valence-corrected chi connectivity index (χ3v) is 3.19. The molecule has 0 aliphatic carbocycles. The molecule has 0 bridgehead atoms. The maximum Gasteiger partial charge on any atom is 0.0416 e. The van der Waals surface area contributed by atoms with E-state index in [9.17, 15) is 0 Å². The predicted octanol–water partition coefficient (Wildman–Crippen LogP) is 2.34. The lowest BCUT2D eigenvalue weighted by Crippen LogP contribution is -2.22. The zero-order valence-corrected chi connectivity index (χ0v) is 11.9. The Hall–Kier alpha value is -0.930. The minimum absolute atomic E-state index is 1.05. The van der Waals surface area contributed by atoms with Crippen molar-refractivity contribution >= 4 is 0 Å². The second kappa shape index (κ2) is 10.0. The first-order valence-electron chi connectivity index (χ1n) is 7.06. The predicted molar refractivity (Wildman–Crippen MR) is 77.8 cm³/mol. The molecule has 1 N–H and O–H groups in total. The summed E-state index contributed by atoms with van der Waals surface area (Å²) in [4.78, 5) is 6.76. The van der Waals surface area contributed by atoms with Gasteiger partial charge in [-0.05, 0) is 52.2 Å². The molecule has 0 atom stereocenters. The van der Waals surface area contributed by atoms with Crippen molar-refractivity contribution in [1.82, 2.24) is 15.2 Å². The SMILES string of the molecule is CNCCCCCCN(C)CCc1ccccn1. The van der Waals surface area contributed by atoms with Crippen molar-refractivity contribution in [2.45, 2.75) is 32.1 Å². The molecule has 1 heterocycles. The van der Waals surface area contributed by atoms with Crippen LogP contribution >= 0.6 is 0 Å². The Morgan fingerprint density at radius 3 is 2.67 bits per heavy atom. The fourth-order valence-electron chi connectivity index (χ4n) is 2.00. The number of hydrogen-bond acceptors (Lipinski definition) is 3. The van der Waals surface area contributed by atoms with Gasteiger partial charge >= 0.3 is 0 Å². The van der Waals surface area contributed by atoms with Gasteiger partial charge < -0.3 is 10.2 Å². The van der Waals surface area contributed by atoms with E-state index in [1.165, 1.54) is 37.9 Å². The molecule has 0 amide bonds. The molecule has 18 heavy (non-hydrogen) atoms. The molecule has 0 saturated carbocycles. The van der Waals surface area contributed by atoms with Crippen LogP contribution in [-0.2, 0) is 6.42 Å². The average Bonchev–Trinajstić information content (AvgIpc) is 2.41. The van der Waals surface area contributed by atoms with Crippen LogP contribution < -0.4 is 5.32 Å². The Morgan fingerprint density at radius 1 is 1.11 bits per heavy atom. The molecule has 1 aromatic heterocycles. The van der Waals surface area contributed by atoms with Crippen molar-refractivity contribution in [2.24, 2.45) is 0 Å². The summed E-state index contributed by atoms with van der Waals surface area (Å²) in [6.45, 7) is 3.45. The van der Waals surface area contributed by atoms with Crippen LogP contribution in [0.1, 0.15) is 31.4 Å². The smallest absolute Gasteiger partial charge is 0.0416 e. The number of likely N-dealkylation sites (N-methyl/N-ethyl adjacent to an activating group) is 1. The summed E-state index contributed by atoms with van der Waals surface area (Å²) in [5, 5.41) is 3.19. The highest BCUT2D eigenvalue weighted by Crippen LogP contribution is 2.02. The van der Waals surface area contributed by atoms with Crippen LogP contribution in [-0.4, -0.2) is 43.6 Å². The van der Waals surface area contributed by atoms with Crippen LogP contribution in [0.25, 0.3) is 0 Å². The van der Waals surface area contributed by atoms with Crippen molar-refractivity contribution in [3.63, 3.8) is 0 Å². The summed E-state index contributed by atoms with van der Waals surface area (Å²) in [5.41, 5.74) is 1.19. The maximum absolute atomic E-state index is 4.35. The number of nitrogens with zero attached hydrogens (tertiary/aromatic N) is 2. The van der Waals surface area contributed by atoms with Gasteiger partial charge in [0, 0.05) is 24.9 Å². The summed E-state index contributed by atoms with van der Waals surface area (Å²) >= 11 is 0. The van der Waals surface area contributed by atoms with E-state index in [0.29, 0.717) is 0 Å². The number of unbranched alkanes of at least 4 members (excludes halogenated alkanes) is 3. The van der Waals surface area contributed by atoms with Gasteiger partial charge in [0.25, 0.3) is 0 Å². The van der Waals surface area contributed by atoms with Gasteiger partial charge in [-0.3, -0.25) is 4.98 Å². The molecular weight excluding hydrogens is 222 g/mol. The molecule has 102 valence electrons. The number of aromatic nitrogens is 1. The highest BCUT2D eigenvalue weighted by molar-refractivity contribution is 5.03. The van der Waals surface area contributed by atoms with Crippen LogP contribution in [0.4, 0.5) is 0 Å². The van der Waals surface area contributed by atoms with E-state index in [4.69, 9.17) is 0 Å². The second-order valence-electron chi connectivity index (χ2n) is 4.89. The summed E-state index contributed by atoms with van der Waals surface area (Å²) in [5.74, 6) is 0. The van der Waals surface area contributed by atoms with Gasteiger partial charge in [-0.15, -0.1) is 0 Å². The van der Waals surface area contributed by atoms with Crippen molar-refractivity contribution in [3.8, 4) is 0 Å². The summed E-state index contributed by atoms with van der Waals surface area (Å²) in [7, 11) is 4.22. The van der Waals surface area contributed by atoms with E-state index in [1.807, 2.05) is 19.3 Å². The molecule has 0 aliphatic heterocycles. The summed E-state index contributed by atoms with van der Waals surface area (Å²) in [6, 6.07) is 6.13. The monoisotopic (exact) mass is 249 g/mol. The molecule has 0 spiro atoms. The van der Waals surface area contributed by atoms with Gasteiger partial charge in [-0.25, -0.2) is 0 Å². The van der Waals surface area contributed by atoms with Crippen molar-refractivity contribution in [1.29, 1.82) is 0 Å². The lowest BCUT2D eigenvalue weighted by Gasteiger charge is -2.16. The second-order valence-corrected chi connectivity index (χ2v) is 4.89. The molecule has 1 rings (SSSR count). The van der Waals surface area contributed by atoms with E-state index in [-0.39, 0.29) is 0 Å². The minimum atomic E-state index is 1.05. The van der Waals surface area contributed by atoms with Gasteiger partial charge in [-0.2, -0.15) is 0 Å². The molecule has 0 aromatic carbocycles. The molecule has 3 heteroatoms. The lowest BCUT2D eigenvalue weighted by molar-refractivity contribution is 0.326. The van der Waals surface area contributed by atoms with E-state index in [2.05, 4.69) is 34.4 Å². The third kappa shape index (κ3) is 7.41. The minimum Gasteiger partial charge on any atom is -0.320 e. The number of rotatable bonds is 10. The highest BCUT2D eigenvalue weighted by Gasteiger charge is 1.99. The van der Waals surface area contributed by atoms with Crippen molar-refractivity contribution in [2.75, 3.05) is 33.7 Å². The molecule has 3 nitrogen and oxygen atoms in total. The Labute approximate surface area is 112 Å². The Bertz CT molecular complexity index is 287. The van der Waals surface area contributed by atoms with Crippen molar-refractivity contribution in [3.05, 3.63) is 30.1 Å². The van der Waals surface area contributed by atoms with E-state index >= 15 is 0 Å². The van der Waals surface area contributed by atoms with Gasteiger partial charge in [-0.1, -0.05) is 18.9 Å². The molecule has 1 aromatic rings. The third-order valence-electron chi connectivity index (χ3n) is 3.19. The Kier molecular flexibility index (Phi) is 8.43. The van der Waals surface area contributed by atoms with Gasteiger partial charge in [0.15, 0.2) is 0 Å². The van der Waals surface area contributed by atoms with Gasteiger partial charge in [0.2, 0.25) is 0 Å². The highest BCUT2D eigenvalue weighted by atomic mass is 15.1. The number of nitrogens with one attached hydrogen (secondary N) is 1. The molecule has 0 unspecified atom stereocenters. The fraction of sp³-hybridized carbons (Fsp3) is 0.667. The molecule has 0 fully saturated rings. The molecule has 0 saturated heterocycles. The normalized spacial score (nSPS) is 11.1. The van der Waals surface area contributed by atoms with Crippen LogP contribution in [0.2, 0.25) is 0 Å². The van der Waals surface area contributed by atoms with Crippen molar-refractivity contribution < 1.29 is 0 Å². The lowest BCUT2D eigenvalue weighted by atomic mass is 10.2. The number of pyridine rings is 1. The van der Waals surface area contributed by atoms with Gasteiger partial charge in [0.05, 0.1) is 0 Å². The quantitative estimate of drug-likeness (QED) is 0.645.